The second kappa shape index (κ2) is 3.90. The average Bonchev–Trinajstić information content (AvgIpc) is 2.59. The molecule has 2 rings (SSSR count). The van der Waals surface area contributed by atoms with Crippen molar-refractivity contribution in [3.8, 4) is 0 Å². The van der Waals surface area contributed by atoms with Crippen LogP contribution in [0.4, 0.5) is 0 Å². The van der Waals surface area contributed by atoms with Crippen molar-refractivity contribution in [3.05, 3.63) is 27.9 Å². The highest BCUT2D eigenvalue weighted by atomic mass is 79.9. The Morgan fingerprint density at radius 1 is 1.50 bits per heavy atom. The number of carboxylic acid groups (broad SMARTS) is 1. The molecule has 2 aromatic rings. The molecule has 0 radical (unpaired) electrons. The molecule has 4 nitrogen and oxygen atoms in total. The fourth-order valence-electron chi connectivity index (χ4n) is 1.73. The molecule has 0 spiro atoms. The third-order valence-electron chi connectivity index (χ3n) is 2.46. The summed E-state index contributed by atoms with van der Waals surface area (Å²) in [7, 11) is 0. The molecule has 2 N–H and O–H groups in total. The van der Waals surface area contributed by atoms with Crippen LogP contribution in [-0.4, -0.2) is 21.3 Å². The lowest BCUT2D eigenvalue weighted by atomic mass is 10.0. The normalized spacial score (nSPS) is 11.2. The zero-order valence-corrected chi connectivity index (χ0v) is 10.5. The van der Waals surface area contributed by atoms with Crippen LogP contribution in [-0.2, 0) is 0 Å². The molecule has 0 atom stereocenters. The van der Waals surface area contributed by atoms with Gasteiger partial charge in [0.25, 0.3) is 0 Å². The van der Waals surface area contributed by atoms with Gasteiger partial charge in [0.15, 0.2) is 0 Å². The Hall–Kier alpha value is -1.36. The third-order valence-corrected chi connectivity index (χ3v) is 2.91. The molecule has 0 saturated carbocycles. The molecule has 0 saturated heterocycles. The van der Waals surface area contributed by atoms with E-state index < -0.39 is 5.97 Å². The number of aromatic amines is 1. The molecule has 5 heteroatoms. The minimum atomic E-state index is -0.936. The quantitative estimate of drug-likeness (QED) is 0.889. The Balaban J connectivity index is 2.84. The number of H-pyrrole nitrogens is 1. The van der Waals surface area contributed by atoms with Crippen molar-refractivity contribution in [1.82, 2.24) is 10.2 Å². The highest BCUT2D eigenvalue weighted by Gasteiger charge is 2.17. The average molecular weight is 283 g/mol. The van der Waals surface area contributed by atoms with E-state index >= 15 is 0 Å². The summed E-state index contributed by atoms with van der Waals surface area (Å²) >= 11 is 3.28. The number of nitrogens with zero attached hydrogens (tertiary/aromatic N) is 1. The van der Waals surface area contributed by atoms with Gasteiger partial charge in [-0.25, -0.2) is 4.79 Å². The van der Waals surface area contributed by atoms with Crippen molar-refractivity contribution in [3.63, 3.8) is 0 Å². The van der Waals surface area contributed by atoms with Crippen LogP contribution in [0.25, 0.3) is 10.9 Å². The summed E-state index contributed by atoms with van der Waals surface area (Å²) in [6.07, 6.45) is 0. The molecule has 1 aromatic carbocycles. The zero-order valence-electron chi connectivity index (χ0n) is 8.91. The van der Waals surface area contributed by atoms with Crippen molar-refractivity contribution in [1.29, 1.82) is 0 Å². The van der Waals surface area contributed by atoms with Gasteiger partial charge in [0.2, 0.25) is 0 Å². The van der Waals surface area contributed by atoms with Crippen molar-refractivity contribution < 1.29 is 9.90 Å². The van der Waals surface area contributed by atoms with Gasteiger partial charge < -0.3 is 5.11 Å². The lowest BCUT2D eigenvalue weighted by Crippen LogP contribution is -1.99. The van der Waals surface area contributed by atoms with Crippen LogP contribution in [0, 0.1) is 0 Å². The van der Waals surface area contributed by atoms with Crippen LogP contribution in [0.1, 0.15) is 35.8 Å². The fourth-order valence-corrected chi connectivity index (χ4v) is 2.17. The van der Waals surface area contributed by atoms with Gasteiger partial charge >= 0.3 is 5.97 Å². The zero-order chi connectivity index (χ0) is 11.9. The number of hydrogen-bond donors (Lipinski definition) is 2. The van der Waals surface area contributed by atoms with E-state index in [0.29, 0.717) is 10.9 Å². The number of halogens is 1. The highest BCUT2D eigenvalue weighted by Crippen LogP contribution is 2.29. The lowest BCUT2D eigenvalue weighted by Gasteiger charge is -2.04. The van der Waals surface area contributed by atoms with Gasteiger partial charge in [-0.2, -0.15) is 5.10 Å². The summed E-state index contributed by atoms with van der Waals surface area (Å²) in [6, 6.07) is 3.41. The summed E-state index contributed by atoms with van der Waals surface area (Å²) in [5.41, 5.74) is 1.82. The lowest BCUT2D eigenvalue weighted by molar-refractivity contribution is 0.0699. The first-order valence-electron chi connectivity index (χ1n) is 4.91. The molecule has 0 bridgehead atoms. The van der Waals surface area contributed by atoms with Gasteiger partial charge in [-0.1, -0.05) is 29.8 Å². The monoisotopic (exact) mass is 282 g/mol. The minimum Gasteiger partial charge on any atom is -0.478 e. The van der Waals surface area contributed by atoms with Gasteiger partial charge in [0.05, 0.1) is 11.1 Å². The minimum absolute atomic E-state index is 0.212. The molecule has 1 heterocycles. The van der Waals surface area contributed by atoms with Gasteiger partial charge in [-0.15, -0.1) is 0 Å². The summed E-state index contributed by atoms with van der Waals surface area (Å²) in [5, 5.41) is 16.9. The van der Waals surface area contributed by atoms with Crippen molar-refractivity contribution in [2.45, 2.75) is 19.8 Å². The first kappa shape index (κ1) is 11.1. The van der Waals surface area contributed by atoms with E-state index in [4.69, 9.17) is 5.11 Å². The maximum Gasteiger partial charge on any atom is 0.336 e. The molecule has 0 aliphatic heterocycles. The number of carbonyl (C=O) groups is 1. The molecule has 0 aliphatic carbocycles. The molecule has 1 aromatic heterocycles. The molecule has 84 valence electrons. The largest absolute Gasteiger partial charge is 0.478 e. The van der Waals surface area contributed by atoms with E-state index in [1.54, 1.807) is 6.07 Å². The fraction of sp³-hybridized carbons (Fsp3) is 0.273. The van der Waals surface area contributed by atoms with E-state index in [9.17, 15) is 4.79 Å². The summed E-state index contributed by atoms with van der Waals surface area (Å²) in [4.78, 5) is 11.2. The molecular weight excluding hydrogens is 272 g/mol. The molecule has 0 unspecified atom stereocenters. The van der Waals surface area contributed by atoms with Crippen LogP contribution in [0.15, 0.2) is 16.6 Å². The van der Waals surface area contributed by atoms with E-state index in [2.05, 4.69) is 26.1 Å². The third kappa shape index (κ3) is 1.71. The summed E-state index contributed by atoms with van der Waals surface area (Å²) in [6.45, 7) is 4.00. The van der Waals surface area contributed by atoms with Gasteiger partial charge in [-0.3, -0.25) is 5.10 Å². The van der Waals surface area contributed by atoms with Gasteiger partial charge in [0, 0.05) is 15.6 Å². The number of rotatable bonds is 2. The van der Waals surface area contributed by atoms with E-state index in [0.717, 1.165) is 10.2 Å². The van der Waals surface area contributed by atoms with Crippen LogP contribution >= 0.6 is 15.9 Å². The van der Waals surface area contributed by atoms with E-state index in [1.165, 1.54) is 0 Å². The van der Waals surface area contributed by atoms with Crippen molar-refractivity contribution >= 4 is 32.8 Å². The van der Waals surface area contributed by atoms with Crippen LogP contribution < -0.4 is 0 Å². The van der Waals surface area contributed by atoms with E-state index in [-0.39, 0.29) is 11.5 Å². The van der Waals surface area contributed by atoms with Crippen LogP contribution in [0.3, 0.4) is 0 Å². The molecular formula is C11H11BrN2O2. The van der Waals surface area contributed by atoms with Crippen LogP contribution in [0.5, 0.6) is 0 Å². The molecule has 0 aliphatic rings. The maximum atomic E-state index is 11.2. The maximum absolute atomic E-state index is 11.2. The predicted molar refractivity (Wildman–Crippen MR) is 64.8 cm³/mol. The van der Waals surface area contributed by atoms with Crippen molar-refractivity contribution in [2.24, 2.45) is 0 Å². The summed E-state index contributed by atoms with van der Waals surface area (Å²) < 4.78 is 0.721. The number of nitrogens with one attached hydrogen (secondary N) is 1. The second-order valence-electron chi connectivity index (χ2n) is 3.94. The Labute approximate surface area is 101 Å². The Kier molecular flexibility index (Phi) is 2.71. The van der Waals surface area contributed by atoms with Crippen LogP contribution in [0.2, 0.25) is 0 Å². The molecule has 0 fully saturated rings. The molecule has 16 heavy (non-hydrogen) atoms. The number of carboxylic acids is 1. The van der Waals surface area contributed by atoms with Gasteiger partial charge in [0.1, 0.15) is 0 Å². The smallest absolute Gasteiger partial charge is 0.336 e. The van der Waals surface area contributed by atoms with Crippen molar-refractivity contribution in [2.75, 3.05) is 0 Å². The first-order chi connectivity index (χ1) is 7.50. The standard InChI is InChI=1S/C11H11BrN2O2/c1-5(2)10-9-7(11(15)16)3-6(12)4-8(9)13-14-10/h3-5H,1-2H3,(H,13,14)(H,15,16). The highest BCUT2D eigenvalue weighted by molar-refractivity contribution is 9.10. The molecule has 0 amide bonds. The Morgan fingerprint density at radius 2 is 2.19 bits per heavy atom. The second-order valence-corrected chi connectivity index (χ2v) is 4.86. The summed E-state index contributed by atoms with van der Waals surface area (Å²) in [5.74, 6) is -0.723. The number of benzene rings is 1. The number of hydrogen-bond acceptors (Lipinski definition) is 2. The predicted octanol–water partition coefficient (Wildman–Crippen LogP) is 3.15. The number of aromatic nitrogens is 2. The number of aromatic carboxylic acids is 1. The van der Waals surface area contributed by atoms with E-state index in [1.807, 2.05) is 19.9 Å². The topological polar surface area (TPSA) is 66.0 Å². The Morgan fingerprint density at radius 3 is 2.75 bits per heavy atom. The Bertz CT molecular complexity index is 560. The number of fused-ring (bicyclic) bond motifs is 1. The SMILES string of the molecule is CC(C)c1[nH]nc2cc(Br)cc(C(=O)O)c12. The van der Waals surface area contributed by atoms with Gasteiger partial charge in [-0.05, 0) is 18.1 Å². The first-order valence-corrected chi connectivity index (χ1v) is 5.71.